The molecule has 1 aromatic rings. The first-order valence-corrected chi connectivity index (χ1v) is 7.98. The van der Waals surface area contributed by atoms with Gasteiger partial charge in [0.2, 0.25) is 0 Å². The van der Waals surface area contributed by atoms with Gasteiger partial charge in [-0.05, 0) is 49.3 Å². The van der Waals surface area contributed by atoms with E-state index >= 15 is 0 Å². The minimum atomic E-state index is -0.178. The number of amides is 1. The lowest BCUT2D eigenvalue weighted by Gasteiger charge is -2.32. The third-order valence-corrected chi connectivity index (χ3v) is 4.85. The highest BCUT2D eigenvalue weighted by atomic mass is 16.6. The monoisotopic (exact) mass is 286 g/mol. The van der Waals surface area contributed by atoms with Gasteiger partial charge in [0.05, 0.1) is 11.7 Å². The van der Waals surface area contributed by atoms with E-state index in [0.717, 1.165) is 31.1 Å². The standard InChI is InChI=1S/C17H22N2O2/c1-12-2-5-14-10-18(9-13-3-4-13)7-6-15-11-21-17(20)19(15)16(14)8-12/h2,5,8,13,15H,3-4,6-7,9-11H2,1H3/t15-/m0/s1. The predicted molar refractivity (Wildman–Crippen MR) is 81.4 cm³/mol. The van der Waals surface area contributed by atoms with E-state index in [2.05, 4.69) is 30.0 Å². The Morgan fingerprint density at radius 1 is 1.29 bits per heavy atom. The summed E-state index contributed by atoms with van der Waals surface area (Å²) in [5.74, 6) is 0.899. The van der Waals surface area contributed by atoms with Gasteiger partial charge in [-0.15, -0.1) is 0 Å². The summed E-state index contributed by atoms with van der Waals surface area (Å²) in [6.45, 7) is 5.82. The van der Waals surface area contributed by atoms with Crippen molar-refractivity contribution in [2.24, 2.45) is 5.92 Å². The van der Waals surface area contributed by atoms with Gasteiger partial charge >= 0.3 is 6.09 Å². The van der Waals surface area contributed by atoms with Gasteiger partial charge in [0.1, 0.15) is 6.61 Å². The number of cyclic esters (lactones) is 1. The van der Waals surface area contributed by atoms with Crippen molar-refractivity contribution >= 4 is 11.8 Å². The van der Waals surface area contributed by atoms with E-state index in [9.17, 15) is 4.79 Å². The van der Waals surface area contributed by atoms with Gasteiger partial charge in [0, 0.05) is 19.6 Å². The predicted octanol–water partition coefficient (Wildman–Crippen LogP) is 2.94. The SMILES string of the molecule is Cc1ccc2c(c1)N1C(=O)OC[C@@H]1CCN(CC1CC1)C2. The Hall–Kier alpha value is -1.55. The Bertz CT molecular complexity index is 568. The van der Waals surface area contributed by atoms with Crippen LogP contribution in [0.2, 0.25) is 0 Å². The molecular weight excluding hydrogens is 264 g/mol. The zero-order chi connectivity index (χ0) is 14.4. The molecule has 0 radical (unpaired) electrons. The molecule has 2 heterocycles. The third-order valence-electron chi connectivity index (χ3n) is 4.85. The van der Waals surface area contributed by atoms with Crippen LogP contribution in [-0.2, 0) is 11.3 Å². The van der Waals surface area contributed by atoms with E-state index in [4.69, 9.17) is 4.74 Å². The number of carbonyl (C=O) groups excluding carboxylic acids is 1. The lowest BCUT2D eigenvalue weighted by molar-refractivity contribution is 0.177. The molecule has 4 nitrogen and oxygen atoms in total. The van der Waals surface area contributed by atoms with Crippen LogP contribution >= 0.6 is 0 Å². The zero-order valence-corrected chi connectivity index (χ0v) is 12.5. The molecule has 0 unspecified atom stereocenters. The second-order valence-electron chi connectivity index (χ2n) is 6.70. The lowest BCUT2D eigenvalue weighted by atomic mass is 10.0. The van der Waals surface area contributed by atoms with Gasteiger partial charge in [-0.25, -0.2) is 4.79 Å². The highest BCUT2D eigenvalue weighted by Gasteiger charge is 2.37. The van der Waals surface area contributed by atoms with Crippen LogP contribution in [0.15, 0.2) is 18.2 Å². The van der Waals surface area contributed by atoms with E-state index in [1.165, 1.54) is 30.5 Å². The Kier molecular flexibility index (Phi) is 3.14. The quantitative estimate of drug-likeness (QED) is 0.838. The molecular formula is C17H22N2O2. The highest BCUT2D eigenvalue weighted by molar-refractivity contribution is 5.91. The maximum Gasteiger partial charge on any atom is 0.414 e. The molecule has 0 spiro atoms. The van der Waals surface area contributed by atoms with Gasteiger partial charge in [0.25, 0.3) is 0 Å². The molecule has 0 N–H and O–H groups in total. The molecule has 21 heavy (non-hydrogen) atoms. The maximum atomic E-state index is 12.1. The van der Waals surface area contributed by atoms with Crippen LogP contribution in [0.1, 0.15) is 30.4 Å². The fraction of sp³-hybridized carbons (Fsp3) is 0.588. The average Bonchev–Trinajstić information content (AvgIpc) is 3.19. The van der Waals surface area contributed by atoms with Crippen molar-refractivity contribution in [3.05, 3.63) is 29.3 Å². The summed E-state index contributed by atoms with van der Waals surface area (Å²) in [6.07, 6.45) is 3.59. The molecule has 0 bridgehead atoms. The summed E-state index contributed by atoms with van der Waals surface area (Å²) >= 11 is 0. The fourth-order valence-electron chi connectivity index (χ4n) is 3.47. The smallest absolute Gasteiger partial charge is 0.414 e. The Morgan fingerprint density at radius 2 is 2.14 bits per heavy atom. The lowest BCUT2D eigenvalue weighted by Crippen LogP contribution is -2.40. The molecule has 1 atom stereocenters. The topological polar surface area (TPSA) is 32.8 Å². The normalized spacial score (nSPS) is 25.9. The number of benzene rings is 1. The Labute approximate surface area is 125 Å². The number of fused-ring (bicyclic) bond motifs is 3. The Balaban J connectivity index is 1.69. The number of rotatable bonds is 2. The number of carbonyl (C=O) groups is 1. The largest absolute Gasteiger partial charge is 0.447 e. The summed E-state index contributed by atoms with van der Waals surface area (Å²) < 4.78 is 5.30. The molecule has 1 aromatic carbocycles. The van der Waals surface area contributed by atoms with Gasteiger partial charge in [-0.1, -0.05) is 12.1 Å². The van der Waals surface area contributed by atoms with Crippen molar-refractivity contribution in [1.82, 2.24) is 4.90 Å². The molecule has 0 aromatic heterocycles. The molecule has 1 amide bonds. The van der Waals surface area contributed by atoms with Crippen LogP contribution < -0.4 is 4.90 Å². The molecule has 2 aliphatic heterocycles. The minimum Gasteiger partial charge on any atom is -0.447 e. The number of ether oxygens (including phenoxy) is 1. The van der Waals surface area contributed by atoms with Crippen LogP contribution in [0.3, 0.4) is 0 Å². The van der Waals surface area contributed by atoms with Crippen molar-refractivity contribution in [2.75, 3.05) is 24.6 Å². The highest BCUT2D eigenvalue weighted by Crippen LogP contribution is 2.35. The zero-order valence-electron chi connectivity index (χ0n) is 12.5. The molecule has 1 saturated heterocycles. The van der Waals surface area contributed by atoms with Crippen LogP contribution in [0.5, 0.6) is 0 Å². The molecule has 1 aliphatic carbocycles. The van der Waals surface area contributed by atoms with E-state index in [-0.39, 0.29) is 12.1 Å². The summed E-state index contributed by atoms with van der Waals surface area (Å²) in [5, 5.41) is 0. The van der Waals surface area contributed by atoms with Crippen molar-refractivity contribution in [2.45, 2.75) is 38.8 Å². The first kappa shape index (κ1) is 13.1. The summed E-state index contributed by atoms with van der Waals surface area (Å²) in [7, 11) is 0. The number of hydrogen-bond donors (Lipinski definition) is 0. The van der Waals surface area contributed by atoms with E-state index in [0.29, 0.717) is 6.61 Å². The number of nitrogens with zero attached hydrogens (tertiary/aromatic N) is 2. The molecule has 2 fully saturated rings. The van der Waals surface area contributed by atoms with Gasteiger partial charge < -0.3 is 4.74 Å². The van der Waals surface area contributed by atoms with Crippen molar-refractivity contribution in [3.63, 3.8) is 0 Å². The van der Waals surface area contributed by atoms with Crippen molar-refractivity contribution in [1.29, 1.82) is 0 Å². The second-order valence-corrected chi connectivity index (χ2v) is 6.70. The van der Waals surface area contributed by atoms with Crippen LogP contribution in [0.4, 0.5) is 10.5 Å². The van der Waals surface area contributed by atoms with Crippen molar-refractivity contribution in [3.8, 4) is 0 Å². The third kappa shape index (κ3) is 2.53. The van der Waals surface area contributed by atoms with E-state index < -0.39 is 0 Å². The summed E-state index contributed by atoms with van der Waals surface area (Å²) in [6, 6.07) is 6.65. The number of hydrogen-bond acceptors (Lipinski definition) is 3. The molecule has 1 saturated carbocycles. The van der Waals surface area contributed by atoms with Crippen LogP contribution in [0.25, 0.3) is 0 Å². The summed E-state index contributed by atoms with van der Waals surface area (Å²) in [4.78, 5) is 16.6. The first-order chi connectivity index (χ1) is 10.2. The molecule has 4 rings (SSSR count). The fourth-order valence-corrected chi connectivity index (χ4v) is 3.47. The van der Waals surface area contributed by atoms with Gasteiger partial charge in [-0.2, -0.15) is 0 Å². The van der Waals surface area contributed by atoms with Gasteiger partial charge in [-0.3, -0.25) is 9.80 Å². The summed E-state index contributed by atoms with van der Waals surface area (Å²) in [5.41, 5.74) is 3.51. The Morgan fingerprint density at radius 3 is 2.95 bits per heavy atom. The maximum absolute atomic E-state index is 12.1. The minimum absolute atomic E-state index is 0.178. The molecule has 112 valence electrons. The molecule has 4 heteroatoms. The van der Waals surface area contributed by atoms with Crippen LogP contribution in [-0.4, -0.2) is 36.7 Å². The van der Waals surface area contributed by atoms with E-state index in [1.807, 2.05) is 4.90 Å². The van der Waals surface area contributed by atoms with Crippen LogP contribution in [0, 0.1) is 12.8 Å². The first-order valence-electron chi connectivity index (χ1n) is 7.98. The number of anilines is 1. The second kappa shape index (κ2) is 5.02. The van der Waals surface area contributed by atoms with Gasteiger partial charge in [0.15, 0.2) is 0 Å². The number of aryl methyl sites for hydroxylation is 1. The van der Waals surface area contributed by atoms with E-state index in [1.54, 1.807) is 0 Å². The van der Waals surface area contributed by atoms with Crippen molar-refractivity contribution < 1.29 is 9.53 Å². The molecule has 3 aliphatic rings. The average molecular weight is 286 g/mol.